The van der Waals surface area contributed by atoms with Crippen molar-refractivity contribution in [3.05, 3.63) is 0 Å². The van der Waals surface area contributed by atoms with Crippen LogP contribution in [0.15, 0.2) is 0 Å². The molecule has 1 saturated heterocycles. The van der Waals surface area contributed by atoms with E-state index < -0.39 is 0 Å². The van der Waals surface area contributed by atoms with Crippen LogP contribution in [0.1, 0.15) is 19.8 Å². The van der Waals surface area contributed by atoms with E-state index in [4.69, 9.17) is 5.73 Å². The van der Waals surface area contributed by atoms with Crippen molar-refractivity contribution < 1.29 is 4.79 Å². The fraction of sp³-hybridized carbons (Fsp3) is 0.889. The average molecular weight is 185 g/mol. The summed E-state index contributed by atoms with van der Waals surface area (Å²) in [6.45, 7) is 4.24. The first-order valence-electron chi connectivity index (χ1n) is 4.92. The Labute approximate surface area is 79.7 Å². The van der Waals surface area contributed by atoms with E-state index in [1.54, 1.807) is 4.90 Å². The SMILES string of the molecule is CCCC1CN(C)C(=O)N1CCN. The van der Waals surface area contributed by atoms with Gasteiger partial charge < -0.3 is 15.5 Å². The summed E-state index contributed by atoms with van der Waals surface area (Å²) in [7, 11) is 1.85. The molecule has 1 fully saturated rings. The molecule has 0 aromatic rings. The maximum Gasteiger partial charge on any atom is 0.320 e. The molecular formula is C9H19N3O. The smallest absolute Gasteiger partial charge is 0.320 e. The van der Waals surface area contributed by atoms with E-state index in [2.05, 4.69) is 6.92 Å². The van der Waals surface area contributed by atoms with Crippen LogP contribution in [0.5, 0.6) is 0 Å². The molecule has 4 heteroatoms. The van der Waals surface area contributed by atoms with Gasteiger partial charge in [0, 0.05) is 26.7 Å². The van der Waals surface area contributed by atoms with Gasteiger partial charge in [-0.15, -0.1) is 0 Å². The zero-order valence-corrected chi connectivity index (χ0v) is 8.49. The topological polar surface area (TPSA) is 49.6 Å². The Bertz CT molecular complexity index is 184. The molecule has 0 spiro atoms. The molecule has 13 heavy (non-hydrogen) atoms. The van der Waals surface area contributed by atoms with Crippen LogP contribution in [0, 0.1) is 0 Å². The predicted octanol–water partition coefficient (Wildman–Crippen LogP) is 0.481. The van der Waals surface area contributed by atoms with Gasteiger partial charge in [-0.05, 0) is 6.42 Å². The van der Waals surface area contributed by atoms with E-state index in [1.165, 1.54) is 0 Å². The van der Waals surface area contributed by atoms with E-state index in [1.807, 2.05) is 11.9 Å². The van der Waals surface area contributed by atoms with Crippen molar-refractivity contribution in [1.82, 2.24) is 9.80 Å². The highest BCUT2D eigenvalue weighted by molar-refractivity contribution is 5.76. The molecule has 0 bridgehead atoms. The third-order valence-corrected chi connectivity index (χ3v) is 2.49. The lowest BCUT2D eigenvalue weighted by Crippen LogP contribution is -2.38. The lowest BCUT2D eigenvalue weighted by atomic mass is 10.1. The van der Waals surface area contributed by atoms with Crippen LogP contribution in [-0.2, 0) is 0 Å². The molecule has 4 nitrogen and oxygen atoms in total. The normalized spacial score (nSPS) is 23.0. The van der Waals surface area contributed by atoms with E-state index in [0.29, 0.717) is 19.1 Å². The van der Waals surface area contributed by atoms with Crippen LogP contribution in [-0.4, -0.2) is 48.6 Å². The Morgan fingerprint density at radius 2 is 2.31 bits per heavy atom. The van der Waals surface area contributed by atoms with Gasteiger partial charge in [-0.3, -0.25) is 0 Å². The number of carbonyl (C=O) groups is 1. The summed E-state index contributed by atoms with van der Waals surface area (Å²) in [5.41, 5.74) is 5.46. The molecule has 1 heterocycles. The zero-order chi connectivity index (χ0) is 9.84. The van der Waals surface area contributed by atoms with E-state index >= 15 is 0 Å². The van der Waals surface area contributed by atoms with E-state index in [-0.39, 0.29) is 6.03 Å². The first-order valence-corrected chi connectivity index (χ1v) is 4.92. The molecule has 2 N–H and O–H groups in total. The molecule has 2 amide bonds. The molecule has 0 aliphatic carbocycles. The Hall–Kier alpha value is -0.770. The third-order valence-electron chi connectivity index (χ3n) is 2.49. The molecule has 76 valence electrons. The second-order valence-electron chi connectivity index (χ2n) is 3.59. The minimum absolute atomic E-state index is 0.129. The zero-order valence-electron chi connectivity index (χ0n) is 8.49. The van der Waals surface area contributed by atoms with Gasteiger partial charge in [0.15, 0.2) is 0 Å². The summed E-state index contributed by atoms with van der Waals surface area (Å²) in [6, 6.07) is 0.509. The summed E-state index contributed by atoms with van der Waals surface area (Å²) >= 11 is 0. The second-order valence-corrected chi connectivity index (χ2v) is 3.59. The van der Waals surface area contributed by atoms with Gasteiger partial charge in [-0.25, -0.2) is 4.79 Å². The Morgan fingerprint density at radius 1 is 1.62 bits per heavy atom. The number of nitrogens with zero attached hydrogens (tertiary/aromatic N) is 2. The minimum atomic E-state index is 0.129. The van der Waals surface area contributed by atoms with Gasteiger partial charge in [0.2, 0.25) is 0 Å². The number of urea groups is 1. The van der Waals surface area contributed by atoms with Crippen molar-refractivity contribution in [2.45, 2.75) is 25.8 Å². The van der Waals surface area contributed by atoms with Crippen molar-refractivity contribution in [2.24, 2.45) is 5.73 Å². The van der Waals surface area contributed by atoms with Crippen LogP contribution in [0.2, 0.25) is 0 Å². The number of nitrogens with two attached hydrogens (primary N) is 1. The number of hydrogen-bond acceptors (Lipinski definition) is 2. The van der Waals surface area contributed by atoms with Gasteiger partial charge in [0.1, 0.15) is 0 Å². The van der Waals surface area contributed by atoms with Crippen molar-refractivity contribution in [3.63, 3.8) is 0 Å². The summed E-state index contributed by atoms with van der Waals surface area (Å²) < 4.78 is 0. The summed E-state index contributed by atoms with van der Waals surface area (Å²) in [6.07, 6.45) is 2.20. The minimum Gasteiger partial charge on any atom is -0.329 e. The van der Waals surface area contributed by atoms with E-state index in [9.17, 15) is 4.79 Å². The molecule has 1 aliphatic rings. The van der Waals surface area contributed by atoms with Crippen molar-refractivity contribution in [2.75, 3.05) is 26.7 Å². The van der Waals surface area contributed by atoms with Crippen LogP contribution < -0.4 is 5.73 Å². The summed E-state index contributed by atoms with van der Waals surface area (Å²) in [5, 5.41) is 0. The van der Waals surface area contributed by atoms with Gasteiger partial charge in [0.25, 0.3) is 0 Å². The van der Waals surface area contributed by atoms with Gasteiger partial charge in [0.05, 0.1) is 6.04 Å². The van der Waals surface area contributed by atoms with Crippen LogP contribution >= 0.6 is 0 Å². The number of carbonyl (C=O) groups excluding carboxylic acids is 1. The molecule has 1 rings (SSSR count). The Morgan fingerprint density at radius 3 is 2.85 bits per heavy atom. The molecule has 1 aliphatic heterocycles. The summed E-state index contributed by atoms with van der Waals surface area (Å²) in [4.78, 5) is 15.2. The largest absolute Gasteiger partial charge is 0.329 e. The monoisotopic (exact) mass is 185 g/mol. The molecule has 1 atom stereocenters. The Balaban J connectivity index is 2.57. The lowest BCUT2D eigenvalue weighted by Gasteiger charge is -2.21. The fourth-order valence-electron chi connectivity index (χ4n) is 1.87. The highest BCUT2D eigenvalue weighted by Gasteiger charge is 2.33. The van der Waals surface area contributed by atoms with E-state index in [0.717, 1.165) is 19.4 Å². The molecule has 0 aromatic heterocycles. The third kappa shape index (κ3) is 2.12. The molecule has 0 saturated carbocycles. The first-order chi connectivity index (χ1) is 6.20. The highest BCUT2D eigenvalue weighted by atomic mass is 16.2. The van der Waals surface area contributed by atoms with Gasteiger partial charge in [-0.2, -0.15) is 0 Å². The molecular weight excluding hydrogens is 166 g/mol. The fourth-order valence-corrected chi connectivity index (χ4v) is 1.87. The van der Waals surface area contributed by atoms with Gasteiger partial charge >= 0.3 is 6.03 Å². The van der Waals surface area contributed by atoms with Crippen LogP contribution in [0.3, 0.4) is 0 Å². The highest BCUT2D eigenvalue weighted by Crippen LogP contribution is 2.17. The van der Waals surface area contributed by atoms with Crippen LogP contribution in [0.25, 0.3) is 0 Å². The number of hydrogen-bond donors (Lipinski definition) is 1. The van der Waals surface area contributed by atoms with Crippen LogP contribution in [0.4, 0.5) is 4.79 Å². The number of amides is 2. The number of rotatable bonds is 4. The van der Waals surface area contributed by atoms with Crippen molar-refractivity contribution in [1.29, 1.82) is 0 Å². The molecule has 1 unspecified atom stereocenters. The second kappa shape index (κ2) is 4.46. The first kappa shape index (κ1) is 10.3. The van der Waals surface area contributed by atoms with Gasteiger partial charge in [-0.1, -0.05) is 13.3 Å². The average Bonchev–Trinajstić information content (AvgIpc) is 2.34. The maximum absolute atomic E-state index is 11.6. The number of likely N-dealkylation sites (N-methyl/N-ethyl adjacent to an activating group) is 1. The van der Waals surface area contributed by atoms with Crippen molar-refractivity contribution in [3.8, 4) is 0 Å². The standard InChI is InChI=1S/C9H19N3O/c1-3-4-8-7-11(2)9(13)12(8)6-5-10/h8H,3-7,10H2,1-2H3. The molecule has 0 radical (unpaired) electrons. The quantitative estimate of drug-likeness (QED) is 0.692. The molecule has 0 aromatic carbocycles. The Kier molecular flexibility index (Phi) is 3.54. The maximum atomic E-state index is 11.6. The summed E-state index contributed by atoms with van der Waals surface area (Å²) in [5.74, 6) is 0. The predicted molar refractivity (Wildman–Crippen MR) is 52.5 cm³/mol. The van der Waals surface area contributed by atoms with Crippen molar-refractivity contribution >= 4 is 6.03 Å². The lowest BCUT2D eigenvalue weighted by molar-refractivity contribution is 0.191.